The van der Waals surface area contributed by atoms with Crippen LogP contribution in [0.4, 0.5) is 4.39 Å². The van der Waals surface area contributed by atoms with Gasteiger partial charge in [0.25, 0.3) is 5.91 Å². The largest absolute Gasteiger partial charge is 0.347 e. The summed E-state index contributed by atoms with van der Waals surface area (Å²) in [4.78, 5) is 12.9. The summed E-state index contributed by atoms with van der Waals surface area (Å²) in [7, 11) is 0. The van der Waals surface area contributed by atoms with Gasteiger partial charge in [0, 0.05) is 9.35 Å². The van der Waals surface area contributed by atoms with Crippen LogP contribution in [0.15, 0.2) is 38.6 Å². The fourth-order valence-corrected chi connectivity index (χ4v) is 3.34. The van der Waals surface area contributed by atoms with Crippen molar-refractivity contribution < 1.29 is 9.18 Å². The molecule has 1 amide bonds. The highest BCUT2D eigenvalue weighted by Gasteiger charge is 2.10. The molecule has 18 heavy (non-hydrogen) atoms. The first-order valence-electron chi connectivity index (χ1n) is 5.04. The Morgan fingerprint density at radius 2 is 2.06 bits per heavy atom. The number of hydrogen-bond acceptors (Lipinski definition) is 2. The third-order valence-corrected chi connectivity index (χ3v) is 4.51. The Balaban J connectivity index is 2.03. The summed E-state index contributed by atoms with van der Waals surface area (Å²) in [5, 5.41) is 2.79. The van der Waals surface area contributed by atoms with E-state index in [1.807, 2.05) is 12.1 Å². The van der Waals surface area contributed by atoms with Gasteiger partial charge in [0.05, 0.1) is 15.9 Å². The summed E-state index contributed by atoms with van der Waals surface area (Å²) in [5.74, 6) is -0.605. The van der Waals surface area contributed by atoms with Crippen molar-refractivity contribution in [3.05, 3.63) is 54.8 Å². The standard InChI is InChI=1S/C12H8Br2FNOS/c13-10-5-7(15)1-3-9(10)12(17)16-6-8-2-4-11(14)18-8/h1-5H,6H2,(H,16,17). The molecule has 2 nitrogen and oxygen atoms in total. The van der Waals surface area contributed by atoms with E-state index in [0.717, 1.165) is 8.66 Å². The Bertz CT molecular complexity index is 585. The molecule has 1 heterocycles. The summed E-state index contributed by atoms with van der Waals surface area (Å²) in [6.07, 6.45) is 0. The van der Waals surface area contributed by atoms with Gasteiger partial charge in [-0.3, -0.25) is 4.79 Å². The minimum atomic E-state index is -0.374. The molecule has 0 bridgehead atoms. The molecule has 0 aliphatic rings. The van der Waals surface area contributed by atoms with E-state index in [-0.39, 0.29) is 11.7 Å². The minimum absolute atomic E-state index is 0.230. The number of thiophene rings is 1. The highest BCUT2D eigenvalue weighted by molar-refractivity contribution is 9.11. The summed E-state index contributed by atoms with van der Waals surface area (Å²) < 4.78 is 14.4. The van der Waals surface area contributed by atoms with Crippen molar-refractivity contribution in [1.82, 2.24) is 5.32 Å². The average molecular weight is 393 g/mol. The quantitative estimate of drug-likeness (QED) is 0.826. The number of carbonyl (C=O) groups excluding carboxylic acids is 1. The van der Waals surface area contributed by atoms with Gasteiger partial charge in [-0.1, -0.05) is 0 Å². The predicted octanol–water partition coefficient (Wildman–Crippen LogP) is 4.34. The van der Waals surface area contributed by atoms with E-state index in [9.17, 15) is 9.18 Å². The van der Waals surface area contributed by atoms with Crippen LogP contribution in [-0.4, -0.2) is 5.91 Å². The van der Waals surface area contributed by atoms with E-state index in [4.69, 9.17) is 0 Å². The third-order valence-electron chi connectivity index (χ3n) is 2.23. The van der Waals surface area contributed by atoms with Crippen LogP contribution in [0.1, 0.15) is 15.2 Å². The van der Waals surface area contributed by atoms with Crippen molar-refractivity contribution in [2.24, 2.45) is 0 Å². The zero-order valence-electron chi connectivity index (χ0n) is 9.04. The van der Waals surface area contributed by atoms with Crippen molar-refractivity contribution >= 4 is 49.1 Å². The van der Waals surface area contributed by atoms with Crippen molar-refractivity contribution in [3.8, 4) is 0 Å². The van der Waals surface area contributed by atoms with Gasteiger partial charge in [-0.05, 0) is 62.2 Å². The van der Waals surface area contributed by atoms with Gasteiger partial charge >= 0.3 is 0 Å². The monoisotopic (exact) mass is 391 g/mol. The zero-order valence-corrected chi connectivity index (χ0v) is 13.0. The molecule has 0 saturated heterocycles. The molecule has 1 N–H and O–H groups in total. The topological polar surface area (TPSA) is 29.1 Å². The van der Waals surface area contributed by atoms with Gasteiger partial charge < -0.3 is 5.32 Å². The van der Waals surface area contributed by atoms with Gasteiger partial charge in [0.15, 0.2) is 0 Å². The highest BCUT2D eigenvalue weighted by Crippen LogP contribution is 2.22. The van der Waals surface area contributed by atoms with Crippen molar-refractivity contribution in [1.29, 1.82) is 0 Å². The van der Waals surface area contributed by atoms with Crippen molar-refractivity contribution in [2.45, 2.75) is 6.54 Å². The molecule has 0 unspecified atom stereocenters. The normalized spacial score (nSPS) is 10.4. The number of halogens is 3. The van der Waals surface area contributed by atoms with E-state index in [1.54, 1.807) is 11.3 Å². The molecule has 6 heteroatoms. The second-order valence-electron chi connectivity index (χ2n) is 3.51. The van der Waals surface area contributed by atoms with E-state index in [1.165, 1.54) is 18.2 Å². The van der Waals surface area contributed by atoms with E-state index in [0.29, 0.717) is 16.6 Å². The molecular formula is C12H8Br2FNOS. The number of amides is 1. The van der Waals surface area contributed by atoms with Crippen LogP contribution in [0.5, 0.6) is 0 Å². The third kappa shape index (κ3) is 3.40. The van der Waals surface area contributed by atoms with Gasteiger partial charge in [-0.25, -0.2) is 4.39 Å². The molecule has 0 aliphatic heterocycles. The maximum absolute atomic E-state index is 12.9. The second kappa shape index (κ2) is 5.95. The van der Waals surface area contributed by atoms with Crippen LogP contribution >= 0.6 is 43.2 Å². The summed E-state index contributed by atoms with van der Waals surface area (Å²) in [5.41, 5.74) is 0.423. The number of rotatable bonds is 3. The Labute approximate surface area is 124 Å². The van der Waals surface area contributed by atoms with Crippen molar-refractivity contribution in [2.75, 3.05) is 0 Å². The van der Waals surface area contributed by atoms with Gasteiger partial charge in [-0.15, -0.1) is 11.3 Å². The second-order valence-corrected chi connectivity index (χ2v) is 6.91. The molecule has 0 fully saturated rings. The van der Waals surface area contributed by atoms with Gasteiger partial charge in [-0.2, -0.15) is 0 Å². The van der Waals surface area contributed by atoms with Crippen LogP contribution < -0.4 is 5.32 Å². The summed E-state index contributed by atoms with van der Waals surface area (Å²) >= 11 is 8.09. The molecule has 0 spiro atoms. The zero-order chi connectivity index (χ0) is 13.1. The Kier molecular flexibility index (Phi) is 4.53. The van der Waals surface area contributed by atoms with Crippen LogP contribution in [0.2, 0.25) is 0 Å². The lowest BCUT2D eigenvalue weighted by molar-refractivity contribution is 0.0950. The van der Waals surface area contributed by atoms with E-state index in [2.05, 4.69) is 37.2 Å². The minimum Gasteiger partial charge on any atom is -0.347 e. The molecule has 0 saturated carbocycles. The Morgan fingerprint density at radius 3 is 2.67 bits per heavy atom. The number of benzene rings is 1. The van der Waals surface area contributed by atoms with Gasteiger partial charge in [0.1, 0.15) is 5.82 Å². The molecular weight excluding hydrogens is 385 g/mol. The average Bonchev–Trinajstić information content (AvgIpc) is 2.72. The molecule has 0 aliphatic carbocycles. The molecule has 2 aromatic rings. The maximum atomic E-state index is 12.9. The fourth-order valence-electron chi connectivity index (χ4n) is 1.38. The lowest BCUT2D eigenvalue weighted by Crippen LogP contribution is -2.22. The van der Waals surface area contributed by atoms with Crippen LogP contribution in [-0.2, 0) is 6.54 Å². The predicted molar refractivity (Wildman–Crippen MR) is 77.3 cm³/mol. The van der Waals surface area contributed by atoms with E-state index >= 15 is 0 Å². The lowest BCUT2D eigenvalue weighted by Gasteiger charge is -2.05. The molecule has 0 atom stereocenters. The molecule has 1 aromatic carbocycles. The maximum Gasteiger partial charge on any atom is 0.252 e. The molecule has 1 aromatic heterocycles. The van der Waals surface area contributed by atoms with Crippen LogP contribution in [0.3, 0.4) is 0 Å². The summed E-state index contributed by atoms with van der Waals surface area (Å²) in [6.45, 7) is 0.457. The molecule has 0 radical (unpaired) electrons. The lowest BCUT2D eigenvalue weighted by atomic mass is 10.2. The number of hydrogen-bond donors (Lipinski definition) is 1. The van der Waals surface area contributed by atoms with Crippen molar-refractivity contribution in [3.63, 3.8) is 0 Å². The van der Waals surface area contributed by atoms with Crippen LogP contribution in [0, 0.1) is 5.82 Å². The summed E-state index contributed by atoms with van der Waals surface area (Å²) in [6, 6.07) is 7.87. The SMILES string of the molecule is O=C(NCc1ccc(Br)s1)c1ccc(F)cc1Br. The first-order chi connectivity index (χ1) is 8.56. The smallest absolute Gasteiger partial charge is 0.252 e. The van der Waals surface area contributed by atoms with Gasteiger partial charge in [0.2, 0.25) is 0 Å². The van der Waals surface area contributed by atoms with E-state index < -0.39 is 0 Å². The number of nitrogens with one attached hydrogen (secondary N) is 1. The Morgan fingerprint density at radius 1 is 1.28 bits per heavy atom. The molecule has 2 rings (SSSR count). The first-order valence-corrected chi connectivity index (χ1v) is 7.44. The number of carbonyl (C=O) groups is 1. The van der Waals surface area contributed by atoms with Crippen LogP contribution in [0.25, 0.3) is 0 Å². The highest BCUT2D eigenvalue weighted by atomic mass is 79.9. The fraction of sp³-hybridized carbons (Fsp3) is 0.0833. The first kappa shape index (κ1) is 13.7. The molecule has 94 valence electrons. The Hall–Kier alpha value is -0.720.